The van der Waals surface area contributed by atoms with Gasteiger partial charge >= 0.3 is 0 Å². The van der Waals surface area contributed by atoms with Gasteiger partial charge in [0.05, 0.1) is 0 Å². The molecule has 0 aliphatic carbocycles. The van der Waals surface area contributed by atoms with Gasteiger partial charge in [-0.25, -0.2) is 0 Å². The summed E-state index contributed by atoms with van der Waals surface area (Å²) in [4.78, 5) is 30.1. The molecule has 26 heavy (non-hydrogen) atoms. The highest BCUT2D eigenvalue weighted by Crippen LogP contribution is 2.29. The molecule has 0 spiro atoms. The molecule has 0 atom stereocenters. The molecular weight excluding hydrogens is 326 g/mol. The van der Waals surface area contributed by atoms with Crippen LogP contribution in [0.25, 0.3) is 0 Å². The summed E-state index contributed by atoms with van der Waals surface area (Å²) in [6.45, 7) is 4.19. The number of H-pyrrole nitrogens is 1. The number of amides is 1. The van der Waals surface area contributed by atoms with E-state index in [1.807, 2.05) is 19.2 Å². The second-order valence-corrected chi connectivity index (χ2v) is 7.13. The summed E-state index contributed by atoms with van der Waals surface area (Å²) in [5, 5.41) is 2.91. The third kappa shape index (κ3) is 4.41. The van der Waals surface area contributed by atoms with Crippen LogP contribution >= 0.6 is 0 Å². The second-order valence-electron chi connectivity index (χ2n) is 7.13. The summed E-state index contributed by atoms with van der Waals surface area (Å²) in [5.41, 5.74) is 2.35. The number of hydrogen-bond acceptors (Lipinski definition) is 3. The molecule has 1 saturated heterocycles. The molecule has 3 rings (SSSR count). The predicted octanol–water partition coefficient (Wildman–Crippen LogP) is 4.06. The largest absolute Gasteiger partial charge is 0.348 e. The molecule has 0 radical (unpaired) electrons. The lowest BCUT2D eigenvalue weighted by molar-refractivity contribution is 0.0981. The molecule has 5 nitrogen and oxygen atoms in total. The standard InChI is InChI=1S/C21H27N3O2/c1-3-5-19(25)16-6-4-7-17(12-16)21(26)23-20-13-18(14-22-20)15-8-10-24(2)11-9-15/h4,6-7,12-15,22H,3,5,8-11H2,1-2H3,(H,23,26). The minimum Gasteiger partial charge on any atom is -0.348 e. The summed E-state index contributed by atoms with van der Waals surface area (Å²) < 4.78 is 0. The molecule has 2 N–H and O–H groups in total. The van der Waals surface area contributed by atoms with Crippen molar-refractivity contribution in [2.24, 2.45) is 0 Å². The van der Waals surface area contributed by atoms with Crippen LogP contribution in [0.3, 0.4) is 0 Å². The van der Waals surface area contributed by atoms with E-state index < -0.39 is 0 Å². The van der Waals surface area contributed by atoms with Gasteiger partial charge in [0.15, 0.2) is 5.78 Å². The van der Waals surface area contributed by atoms with Crippen molar-refractivity contribution in [2.75, 3.05) is 25.5 Å². The van der Waals surface area contributed by atoms with Crippen LogP contribution in [0.15, 0.2) is 36.5 Å². The van der Waals surface area contributed by atoms with E-state index in [9.17, 15) is 9.59 Å². The molecule has 1 aromatic heterocycles. The number of carbonyl (C=O) groups is 2. The van der Waals surface area contributed by atoms with Crippen LogP contribution in [-0.2, 0) is 0 Å². The van der Waals surface area contributed by atoms with Gasteiger partial charge in [0.2, 0.25) is 0 Å². The Morgan fingerprint density at radius 3 is 2.65 bits per heavy atom. The minimum atomic E-state index is -0.201. The molecular formula is C21H27N3O2. The highest BCUT2D eigenvalue weighted by atomic mass is 16.1. The molecule has 0 saturated carbocycles. The van der Waals surface area contributed by atoms with Gasteiger partial charge in [0, 0.05) is 23.7 Å². The second kappa shape index (κ2) is 8.32. The number of Topliss-reactive ketones (excluding diaryl/α,β-unsaturated/α-hetero) is 1. The first-order valence-electron chi connectivity index (χ1n) is 9.38. The summed E-state index contributed by atoms with van der Waals surface area (Å²) in [5.74, 6) is 1.12. The Kier molecular flexibility index (Phi) is 5.89. The highest BCUT2D eigenvalue weighted by molar-refractivity contribution is 6.06. The fourth-order valence-corrected chi connectivity index (χ4v) is 3.46. The van der Waals surface area contributed by atoms with Gasteiger partial charge in [-0.2, -0.15) is 0 Å². The van der Waals surface area contributed by atoms with Crippen molar-refractivity contribution in [1.82, 2.24) is 9.88 Å². The number of piperidine rings is 1. The number of benzene rings is 1. The van der Waals surface area contributed by atoms with Crippen molar-refractivity contribution in [3.05, 3.63) is 53.2 Å². The number of carbonyl (C=O) groups excluding carboxylic acids is 2. The molecule has 138 valence electrons. The molecule has 1 amide bonds. The summed E-state index contributed by atoms with van der Waals surface area (Å²) in [6, 6.07) is 8.96. The number of hydrogen-bond donors (Lipinski definition) is 2. The minimum absolute atomic E-state index is 0.0755. The number of rotatable bonds is 6. The Bertz CT molecular complexity index is 773. The van der Waals surface area contributed by atoms with Gasteiger partial charge in [-0.05, 0) is 69.1 Å². The molecule has 2 aromatic rings. The fourth-order valence-electron chi connectivity index (χ4n) is 3.46. The Morgan fingerprint density at radius 2 is 1.92 bits per heavy atom. The van der Waals surface area contributed by atoms with E-state index in [2.05, 4.69) is 22.2 Å². The van der Waals surface area contributed by atoms with Crippen LogP contribution in [0, 0.1) is 0 Å². The molecule has 1 fully saturated rings. The molecule has 5 heteroatoms. The molecule has 1 aliphatic rings. The van der Waals surface area contributed by atoms with Crippen molar-refractivity contribution in [2.45, 2.75) is 38.5 Å². The quantitative estimate of drug-likeness (QED) is 0.770. The maximum absolute atomic E-state index is 12.5. The average molecular weight is 353 g/mol. The number of aromatic nitrogens is 1. The van der Waals surface area contributed by atoms with Gasteiger partial charge in [-0.1, -0.05) is 19.1 Å². The first-order chi connectivity index (χ1) is 12.6. The zero-order chi connectivity index (χ0) is 18.5. The highest BCUT2D eigenvalue weighted by Gasteiger charge is 2.20. The van der Waals surface area contributed by atoms with Crippen LogP contribution in [0.4, 0.5) is 5.82 Å². The first-order valence-corrected chi connectivity index (χ1v) is 9.38. The van der Waals surface area contributed by atoms with Crippen molar-refractivity contribution in [3.63, 3.8) is 0 Å². The van der Waals surface area contributed by atoms with Gasteiger partial charge < -0.3 is 15.2 Å². The van der Waals surface area contributed by atoms with Gasteiger partial charge in [-0.15, -0.1) is 0 Å². The first kappa shape index (κ1) is 18.4. The van der Waals surface area contributed by atoms with Gasteiger partial charge in [0.1, 0.15) is 5.82 Å². The molecule has 2 heterocycles. The van der Waals surface area contributed by atoms with E-state index in [4.69, 9.17) is 0 Å². The normalized spacial score (nSPS) is 15.8. The van der Waals surface area contributed by atoms with E-state index in [1.165, 1.54) is 5.56 Å². The van der Waals surface area contributed by atoms with Crippen molar-refractivity contribution >= 4 is 17.5 Å². The lowest BCUT2D eigenvalue weighted by Gasteiger charge is -2.28. The number of ketones is 1. The van der Waals surface area contributed by atoms with E-state index in [0.29, 0.717) is 29.3 Å². The van der Waals surface area contributed by atoms with E-state index >= 15 is 0 Å². The molecule has 1 aliphatic heterocycles. The Morgan fingerprint density at radius 1 is 1.19 bits per heavy atom. The predicted molar refractivity (Wildman–Crippen MR) is 104 cm³/mol. The molecule has 0 bridgehead atoms. The van der Waals surface area contributed by atoms with Crippen LogP contribution in [0.1, 0.15) is 64.8 Å². The number of anilines is 1. The van der Waals surface area contributed by atoms with Gasteiger partial charge in [-0.3, -0.25) is 9.59 Å². The van der Waals surface area contributed by atoms with Crippen LogP contribution in [0.5, 0.6) is 0 Å². The van der Waals surface area contributed by atoms with Crippen LogP contribution in [-0.4, -0.2) is 41.7 Å². The third-order valence-electron chi connectivity index (χ3n) is 5.07. The average Bonchev–Trinajstić information content (AvgIpc) is 3.11. The van der Waals surface area contributed by atoms with E-state index in [1.54, 1.807) is 24.3 Å². The zero-order valence-electron chi connectivity index (χ0n) is 15.5. The zero-order valence-corrected chi connectivity index (χ0v) is 15.5. The monoisotopic (exact) mass is 353 g/mol. The van der Waals surface area contributed by atoms with Gasteiger partial charge in [0.25, 0.3) is 5.91 Å². The third-order valence-corrected chi connectivity index (χ3v) is 5.07. The molecule has 0 unspecified atom stereocenters. The summed E-state index contributed by atoms with van der Waals surface area (Å²) in [6.07, 6.45) is 5.58. The number of aromatic amines is 1. The molecule has 1 aromatic carbocycles. The van der Waals surface area contributed by atoms with Crippen molar-refractivity contribution < 1.29 is 9.59 Å². The fraction of sp³-hybridized carbons (Fsp3) is 0.429. The lowest BCUT2D eigenvalue weighted by Crippen LogP contribution is -2.29. The number of nitrogens with zero attached hydrogens (tertiary/aromatic N) is 1. The van der Waals surface area contributed by atoms with Crippen LogP contribution < -0.4 is 5.32 Å². The smallest absolute Gasteiger partial charge is 0.256 e. The van der Waals surface area contributed by atoms with E-state index in [0.717, 1.165) is 32.4 Å². The maximum atomic E-state index is 12.5. The lowest BCUT2D eigenvalue weighted by atomic mass is 9.91. The number of nitrogens with one attached hydrogen (secondary N) is 2. The van der Waals surface area contributed by atoms with E-state index in [-0.39, 0.29) is 11.7 Å². The maximum Gasteiger partial charge on any atom is 0.256 e. The number of likely N-dealkylation sites (tertiary alicyclic amines) is 1. The summed E-state index contributed by atoms with van der Waals surface area (Å²) >= 11 is 0. The Labute approximate surface area is 154 Å². The van der Waals surface area contributed by atoms with Crippen molar-refractivity contribution in [3.8, 4) is 0 Å². The topological polar surface area (TPSA) is 65.2 Å². The Hall–Kier alpha value is -2.40. The van der Waals surface area contributed by atoms with Crippen LogP contribution in [0.2, 0.25) is 0 Å². The van der Waals surface area contributed by atoms with Crippen molar-refractivity contribution in [1.29, 1.82) is 0 Å². The summed E-state index contributed by atoms with van der Waals surface area (Å²) in [7, 11) is 2.15. The Balaban J connectivity index is 1.65. The SMILES string of the molecule is CCCC(=O)c1cccc(C(=O)Nc2cc(C3CCN(C)CC3)c[nH]2)c1.